The average molecular weight is 230 g/mol. The Morgan fingerprint density at radius 2 is 2.19 bits per heavy atom. The monoisotopic (exact) mass is 230 g/mol. The molecule has 1 rings (SSSR count). The number of hydrogen-bond acceptors (Lipinski definition) is 5. The number of carbonyl (C=O) groups is 1. The second-order valence-corrected chi connectivity index (χ2v) is 3.18. The number of nitrogens with two attached hydrogens (primary N) is 2. The third-order valence-corrected chi connectivity index (χ3v) is 1.79. The van der Waals surface area contributed by atoms with Gasteiger partial charge < -0.3 is 26.1 Å². The predicted molar refractivity (Wildman–Crippen MR) is 58.9 cm³/mol. The van der Waals surface area contributed by atoms with Crippen LogP contribution in [0.2, 0.25) is 0 Å². The minimum absolute atomic E-state index is 0.0324. The van der Waals surface area contributed by atoms with Gasteiger partial charge in [0.25, 0.3) is 5.95 Å². The zero-order chi connectivity index (χ0) is 12.4. The summed E-state index contributed by atoms with van der Waals surface area (Å²) in [7, 11) is 0. The van der Waals surface area contributed by atoms with Crippen molar-refractivity contribution in [1.29, 1.82) is 0 Å². The van der Waals surface area contributed by atoms with E-state index >= 15 is 0 Å². The molecule has 0 amide bonds. The molecule has 0 saturated heterocycles. The summed E-state index contributed by atoms with van der Waals surface area (Å²) < 4.78 is 4.39. The molecule has 0 bridgehead atoms. The maximum atomic E-state index is 10.1. The largest absolute Gasteiger partial charge is 0.481 e. The van der Waals surface area contributed by atoms with Crippen LogP contribution in [-0.2, 0) is 4.79 Å². The molecule has 1 heterocycles. The van der Waals surface area contributed by atoms with Crippen molar-refractivity contribution >= 4 is 5.97 Å². The van der Waals surface area contributed by atoms with Gasteiger partial charge in [0, 0.05) is 6.07 Å². The molecule has 1 unspecified atom stereocenters. The molecule has 1 aromatic rings. The van der Waals surface area contributed by atoms with Gasteiger partial charge in [-0.3, -0.25) is 4.79 Å². The minimum atomic E-state index is -0.933. The van der Waals surface area contributed by atoms with E-state index in [-0.39, 0.29) is 5.95 Å². The summed E-state index contributed by atoms with van der Waals surface area (Å²) in [4.78, 5) is 10.1. The van der Waals surface area contributed by atoms with Crippen molar-refractivity contribution in [2.24, 2.45) is 11.5 Å². The molecular formula is C10H18N2O4. The predicted octanol–water partition coefficient (Wildman–Crippen LogP) is 0.513. The summed E-state index contributed by atoms with van der Waals surface area (Å²) in [5.74, 6) is -0.966. The van der Waals surface area contributed by atoms with Crippen LogP contribution in [0.5, 0.6) is 5.95 Å². The Morgan fingerprint density at radius 3 is 2.50 bits per heavy atom. The van der Waals surface area contributed by atoms with Crippen molar-refractivity contribution in [2.45, 2.75) is 25.3 Å². The van der Waals surface area contributed by atoms with Gasteiger partial charge in [0.15, 0.2) is 0 Å². The summed E-state index contributed by atoms with van der Waals surface area (Å²) >= 11 is 0. The summed E-state index contributed by atoms with van der Waals surface area (Å²) in [6, 6.07) is 2.38. The van der Waals surface area contributed by atoms with E-state index in [9.17, 15) is 4.79 Å². The van der Waals surface area contributed by atoms with Gasteiger partial charge >= 0.3 is 5.97 Å². The fraction of sp³-hybridized carbons (Fsp3) is 0.500. The van der Waals surface area contributed by atoms with Crippen LogP contribution in [0.3, 0.4) is 0 Å². The first kappa shape index (κ1) is 14.5. The molecule has 92 valence electrons. The number of furan rings is 1. The fourth-order valence-electron chi connectivity index (χ4n) is 0.902. The molecule has 0 radical (unpaired) electrons. The molecule has 16 heavy (non-hydrogen) atoms. The van der Waals surface area contributed by atoms with E-state index in [1.165, 1.54) is 12.3 Å². The zero-order valence-corrected chi connectivity index (χ0v) is 9.00. The molecule has 6 N–H and O–H groups in total. The quantitative estimate of drug-likeness (QED) is 0.546. The van der Waals surface area contributed by atoms with E-state index in [1.54, 1.807) is 6.07 Å². The molecule has 6 nitrogen and oxygen atoms in total. The SMILES string of the molecule is NCCCCC(N)C(=O)O.Oc1ccco1. The van der Waals surface area contributed by atoms with Crippen molar-refractivity contribution in [1.82, 2.24) is 0 Å². The highest BCUT2D eigenvalue weighted by molar-refractivity contribution is 5.72. The second kappa shape index (κ2) is 8.75. The first-order chi connectivity index (χ1) is 7.57. The third kappa shape index (κ3) is 7.84. The molecule has 1 aromatic heterocycles. The fourth-order valence-corrected chi connectivity index (χ4v) is 0.902. The van der Waals surface area contributed by atoms with E-state index < -0.39 is 12.0 Å². The van der Waals surface area contributed by atoms with Gasteiger partial charge in [-0.1, -0.05) is 6.42 Å². The third-order valence-electron chi connectivity index (χ3n) is 1.79. The number of aliphatic carboxylic acids is 1. The number of aromatic hydroxyl groups is 1. The lowest BCUT2D eigenvalue weighted by Gasteiger charge is -2.03. The average Bonchev–Trinajstić information content (AvgIpc) is 2.70. The van der Waals surface area contributed by atoms with E-state index in [2.05, 4.69) is 4.42 Å². The number of rotatable bonds is 5. The van der Waals surface area contributed by atoms with Crippen molar-refractivity contribution in [3.05, 3.63) is 18.4 Å². The highest BCUT2D eigenvalue weighted by atomic mass is 16.5. The van der Waals surface area contributed by atoms with Crippen LogP contribution in [0.25, 0.3) is 0 Å². The van der Waals surface area contributed by atoms with Gasteiger partial charge in [0.2, 0.25) is 0 Å². The lowest BCUT2D eigenvalue weighted by atomic mass is 10.1. The highest BCUT2D eigenvalue weighted by Crippen LogP contribution is 2.04. The minimum Gasteiger partial charge on any atom is -0.481 e. The van der Waals surface area contributed by atoms with Crippen molar-refractivity contribution in [2.75, 3.05) is 6.54 Å². The lowest BCUT2D eigenvalue weighted by Crippen LogP contribution is -2.29. The molecule has 0 aromatic carbocycles. The molecule has 6 heteroatoms. The van der Waals surface area contributed by atoms with Crippen LogP contribution in [-0.4, -0.2) is 28.8 Å². The molecule has 0 aliphatic heterocycles. The topological polar surface area (TPSA) is 123 Å². The molecule has 0 aliphatic carbocycles. The Kier molecular flexibility index (Phi) is 7.92. The zero-order valence-electron chi connectivity index (χ0n) is 9.00. The number of carboxylic acid groups (broad SMARTS) is 1. The van der Waals surface area contributed by atoms with Crippen molar-refractivity contribution < 1.29 is 19.4 Å². The second-order valence-electron chi connectivity index (χ2n) is 3.18. The summed E-state index contributed by atoms with van der Waals surface area (Å²) in [6.45, 7) is 0.604. The van der Waals surface area contributed by atoms with Crippen LogP contribution in [0.15, 0.2) is 22.8 Å². The van der Waals surface area contributed by atoms with Crippen LogP contribution in [0, 0.1) is 0 Å². The Bertz CT molecular complexity index is 274. The smallest absolute Gasteiger partial charge is 0.320 e. The molecule has 1 atom stereocenters. The Balaban J connectivity index is 0.000000315. The lowest BCUT2D eigenvalue weighted by molar-refractivity contribution is -0.138. The summed E-state index contributed by atoms with van der Waals surface area (Å²) in [5, 5.41) is 16.6. The molecular weight excluding hydrogens is 212 g/mol. The van der Waals surface area contributed by atoms with Gasteiger partial charge in [-0.25, -0.2) is 0 Å². The van der Waals surface area contributed by atoms with Crippen molar-refractivity contribution in [3.63, 3.8) is 0 Å². The number of unbranched alkanes of at least 4 members (excludes halogenated alkanes) is 1. The normalized spacial score (nSPS) is 11.4. The summed E-state index contributed by atoms with van der Waals surface area (Å²) in [5.41, 5.74) is 10.4. The van der Waals surface area contributed by atoms with Gasteiger partial charge in [0.1, 0.15) is 6.04 Å². The number of hydrogen-bond donors (Lipinski definition) is 4. The van der Waals surface area contributed by atoms with Gasteiger partial charge in [-0.15, -0.1) is 0 Å². The van der Waals surface area contributed by atoms with E-state index in [1.807, 2.05) is 0 Å². The van der Waals surface area contributed by atoms with Gasteiger partial charge in [-0.05, 0) is 25.5 Å². The van der Waals surface area contributed by atoms with Crippen LogP contribution in [0.4, 0.5) is 0 Å². The van der Waals surface area contributed by atoms with E-state index in [0.29, 0.717) is 13.0 Å². The molecule has 0 fully saturated rings. The molecule has 0 aliphatic rings. The standard InChI is InChI=1S/C6H14N2O2.C4H4O2/c7-4-2-1-3-5(8)6(9)10;5-4-2-1-3-6-4/h5H,1-4,7-8H2,(H,9,10);1-3,5H. The highest BCUT2D eigenvalue weighted by Gasteiger charge is 2.09. The van der Waals surface area contributed by atoms with E-state index in [4.69, 9.17) is 21.7 Å². The number of carboxylic acids is 1. The Labute approximate surface area is 93.9 Å². The molecule has 0 spiro atoms. The van der Waals surface area contributed by atoms with Crippen molar-refractivity contribution in [3.8, 4) is 5.95 Å². The van der Waals surface area contributed by atoms with Gasteiger partial charge in [-0.2, -0.15) is 0 Å². The van der Waals surface area contributed by atoms with Crippen LogP contribution >= 0.6 is 0 Å². The first-order valence-electron chi connectivity index (χ1n) is 4.99. The molecule has 0 saturated carbocycles. The maximum absolute atomic E-state index is 10.1. The Morgan fingerprint density at radius 1 is 1.50 bits per heavy atom. The van der Waals surface area contributed by atoms with Crippen LogP contribution in [0.1, 0.15) is 19.3 Å². The van der Waals surface area contributed by atoms with E-state index in [0.717, 1.165) is 12.8 Å². The van der Waals surface area contributed by atoms with Gasteiger partial charge in [0.05, 0.1) is 6.26 Å². The first-order valence-corrected chi connectivity index (χ1v) is 4.99. The maximum Gasteiger partial charge on any atom is 0.320 e. The van der Waals surface area contributed by atoms with Crippen LogP contribution < -0.4 is 11.5 Å². The summed E-state index contributed by atoms with van der Waals surface area (Å²) in [6.07, 6.45) is 3.58. The Hall–Kier alpha value is -1.53.